The number of fused-ring (bicyclic) bond motifs is 7. The molecule has 0 saturated heterocycles. The molecule has 5 fully saturated rings. The van der Waals surface area contributed by atoms with Crippen molar-refractivity contribution in [3.8, 4) is 0 Å². The average molecular weight is 790 g/mol. The molecule has 1 amide bonds. The number of nitrogens with one attached hydrogen (secondary N) is 1. The Morgan fingerprint density at radius 3 is 2.21 bits per heavy atom. The molecule has 0 aliphatic heterocycles. The first-order chi connectivity index (χ1) is 26.0. The van der Waals surface area contributed by atoms with Gasteiger partial charge < -0.3 is 15.2 Å². The van der Waals surface area contributed by atoms with Gasteiger partial charge in [0.1, 0.15) is 11.6 Å². The van der Waals surface area contributed by atoms with Crippen molar-refractivity contribution in [2.24, 2.45) is 56.2 Å². The summed E-state index contributed by atoms with van der Waals surface area (Å²) in [5, 5.41) is 13.3. The Balaban J connectivity index is 1.16. The fourth-order valence-corrected chi connectivity index (χ4v) is 13.6. The minimum atomic E-state index is -1.18. The second-order valence-electron chi connectivity index (χ2n) is 21.1. The van der Waals surface area contributed by atoms with Gasteiger partial charge in [-0.2, -0.15) is 0 Å². The predicted octanol–water partition coefficient (Wildman–Crippen LogP) is 9.58. The van der Waals surface area contributed by atoms with Crippen molar-refractivity contribution in [2.45, 2.75) is 158 Å². The second kappa shape index (κ2) is 13.5. The van der Waals surface area contributed by atoms with Crippen LogP contribution in [-0.2, 0) is 29.5 Å². The number of ether oxygens (including phenoxy) is 1. The standard InChI is InChI=1S/C46H64ClN3O6/c1-26(2)35-30(51)22-45(21-27(3)37(53)50-46(19-20-46)38-48-24-28(47)25-49-38)18-17-43(9)29(36(35)45)11-12-32-42(8)15-14-33(56-34(52)23-40(4,5)39(54)55)41(6,7)31(42)13-16-44(32,43)10/h21,24-26,29,31-33H,11-20,22-23H2,1-10H3,(H,50,53)(H,54,55)/b27-21+/t29?,31-,32+,33-,42?,43+,44+,45+/m0/s1. The third-order valence-electron chi connectivity index (χ3n) is 16.9. The molecule has 7 rings (SSSR count). The number of amides is 1. The second-order valence-corrected chi connectivity index (χ2v) is 21.6. The molecule has 0 aromatic carbocycles. The third kappa shape index (κ3) is 6.22. The van der Waals surface area contributed by atoms with Gasteiger partial charge >= 0.3 is 11.9 Å². The zero-order valence-corrected chi connectivity index (χ0v) is 36.1. The van der Waals surface area contributed by atoms with Gasteiger partial charge in [0.05, 0.1) is 16.9 Å². The predicted molar refractivity (Wildman–Crippen MR) is 215 cm³/mol. The molecule has 8 atom stereocenters. The molecule has 56 heavy (non-hydrogen) atoms. The maximum absolute atomic E-state index is 14.2. The number of carboxylic acid groups (broad SMARTS) is 1. The van der Waals surface area contributed by atoms with Crippen molar-refractivity contribution in [3.63, 3.8) is 0 Å². The van der Waals surface area contributed by atoms with Gasteiger partial charge in [-0.15, -0.1) is 0 Å². The van der Waals surface area contributed by atoms with E-state index in [9.17, 15) is 24.3 Å². The maximum Gasteiger partial charge on any atom is 0.309 e. The number of rotatable bonds is 9. The zero-order valence-electron chi connectivity index (χ0n) is 35.4. The molecule has 2 N–H and O–H groups in total. The van der Waals surface area contributed by atoms with E-state index in [1.165, 1.54) is 5.57 Å². The van der Waals surface area contributed by atoms with Crippen molar-refractivity contribution in [1.82, 2.24) is 15.3 Å². The van der Waals surface area contributed by atoms with Crippen LogP contribution in [0.4, 0.5) is 0 Å². The summed E-state index contributed by atoms with van der Waals surface area (Å²) < 4.78 is 6.18. The normalized spacial score (nSPS) is 37.2. The van der Waals surface area contributed by atoms with E-state index >= 15 is 0 Å². The summed E-state index contributed by atoms with van der Waals surface area (Å²) >= 11 is 6.06. The number of allylic oxidation sites excluding steroid dienone is 3. The number of carbonyl (C=O) groups is 4. The Morgan fingerprint density at radius 1 is 0.946 bits per heavy atom. The number of aliphatic carboxylic acids is 1. The first kappa shape index (κ1) is 41.1. The smallest absolute Gasteiger partial charge is 0.309 e. The number of hydrogen-bond acceptors (Lipinski definition) is 7. The number of ketones is 1. The van der Waals surface area contributed by atoms with Gasteiger partial charge in [0.25, 0.3) is 0 Å². The van der Waals surface area contributed by atoms with Gasteiger partial charge in [-0.05, 0) is 136 Å². The fourth-order valence-electron chi connectivity index (χ4n) is 13.5. The van der Waals surface area contributed by atoms with Crippen LogP contribution in [-0.4, -0.2) is 44.8 Å². The molecule has 1 aromatic heterocycles. The van der Waals surface area contributed by atoms with Gasteiger partial charge in [-0.1, -0.05) is 66.1 Å². The molecule has 6 aliphatic carbocycles. The average Bonchev–Trinajstić information content (AvgIpc) is 3.81. The molecule has 0 bridgehead atoms. The van der Waals surface area contributed by atoms with Crippen LogP contribution in [0.2, 0.25) is 5.02 Å². The Bertz CT molecular complexity index is 1900. The first-order valence-corrected chi connectivity index (χ1v) is 21.5. The number of hydrogen-bond donors (Lipinski definition) is 2. The molecular formula is C46H64ClN3O6. The molecule has 2 unspecified atom stereocenters. The molecular weight excluding hydrogens is 726 g/mol. The van der Waals surface area contributed by atoms with Gasteiger partial charge in [0, 0.05) is 35.2 Å². The minimum Gasteiger partial charge on any atom is -0.481 e. The quantitative estimate of drug-likeness (QED) is 0.187. The molecule has 6 aliphatic rings. The summed E-state index contributed by atoms with van der Waals surface area (Å²) in [6, 6.07) is 0. The van der Waals surface area contributed by atoms with E-state index in [-0.39, 0.29) is 57.7 Å². The lowest BCUT2D eigenvalue weighted by molar-refractivity contribution is -0.232. The highest BCUT2D eigenvalue weighted by Crippen LogP contribution is 2.77. The van der Waals surface area contributed by atoms with E-state index in [0.717, 1.165) is 69.8 Å². The van der Waals surface area contributed by atoms with Gasteiger partial charge in [-0.3, -0.25) is 19.2 Å². The lowest BCUT2D eigenvalue weighted by Crippen LogP contribution is -2.65. The number of nitrogens with zero attached hydrogens (tertiary/aromatic N) is 2. The maximum atomic E-state index is 14.2. The highest BCUT2D eigenvalue weighted by molar-refractivity contribution is 6.30. The fraction of sp³-hybridized carbons (Fsp3) is 0.739. The number of aromatic nitrogens is 2. The summed E-state index contributed by atoms with van der Waals surface area (Å²) in [6.07, 6.45) is 14.6. The van der Waals surface area contributed by atoms with Crippen molar-refractivity contribution in [1.29, 1.82) is 0 Å². The van der Waals surface area contributed by atoms with Crippen molar-refractivity contribution >= 4 is 35.2 Å². The number of halogens is 1. The van der Waals surface area contributed by atoms with E-state index in [0.29, 0.717) is 34.7 Å². The SMILES string of the molecule is C/C(=C\[C@@]12CC[C@]3(C)C(CC[C@@H]4C5(C)CC[C@H](OC(=O)CC(C)(C)C(=O)O)C(C)(C)[C@@H]5CC[C@]43C)C1=C(C(C)C)C(=O)C2)C(=O)NC1(c2ncc(Cl)cn2)CC1. The number of carboxylic acids is 1. The van der Waals surface area contributed by atoms with Crippen LogP contribution in [0, 0.1) is 56.2 Å². The molecule has 0 radical (unpaired) electrons. The zero-order chi connectivity index (χ0) is 41.0. The van der Waals surface area contributed by atoms with Gasteiger partial charge in [0.15, 0.2) is 11.6 Å². The topological polar surface area (TPSA) is 136 Å². The van der Waals surface area contributed by atoms with E-state index in [2.05, 4.69) is 69.8 Å². The molecule has 0 spiro atoms. The third-order valence-corrected chi connectivity index (χ3v) is 17.1. The van der Waals surface area contributed by atoms with Gasteiger partial charge in [0.2, 0.25) is 5.91 Å². The lowest BCUT2D eigenvalue weighted by atomic mass is 9.33. The monoisotopic (exact) mass is 789 g/mol. The molecule has 9 nitrogen and oxygen atoms in total. The van der Waals surface area contributed by atoms with Crippen LogP contribution in [0.15, 0.2) is 35.2 Å². The van der Waals surface area contributed by atoms with Crippen molar-refractivity contribution in [3.05, 3.63) is 46.0 Å². The van der Waals surface area contributed by atoms with Crippen LogP contribution >= 0.6 is 11.6 Å². The molecule has 1 heterocycles. The van der Waals surface area contributed by atoms with Gasteiger partial charge in [-0.25, -0.2) is 9.97 Å². The van der Waals surface area contributed by atoms with Crippen LogP contribution in [0.3, 0.4) is 0 Å². The molecule has 1 aromatic rings. The Morgan fingerprint density at radius 2 is 1.61 bits per heavy atom. The number of carbonyl (C=O) groups excluding carboxylic acids is 3. The largest absolute Gasteiger partial charge is 0.481 e. The summed E-state index contributed by atoms with van der Waals surface area (Å²) in [5.74, 6) is 0.424. The molecule has 5 saturated carbocycles. The Labute approximate surface area is 338 Å². The lowest BCUT2D eigenvalue weighted by Gasteiger charge is -2.72. The molecule has 306 valence electrons. The number of Topliss-reactive ketones (excluding diaryl/α,β-unsaturated/α-hetero) is 1. The van der Waals surface area contributed by atoms with E-state index in [4.69, 9.17) is 16.3 Å². The van der Waals surface area contributed by atoms with E-state index in [1.807, 2.05) is 6.92 Å². The summed E-state index contributed by atoms with van der Waals surface area (Å²) in [7, 11) is 0. The summed E-state index contributed by atoms with van der Waals surface area (Å²) in [6.45, 7) is 21.5. The number of esters is 1. The van der Waals surface area contributed by atoms with Crippen LogP contribution in [0.25, 0.3) is 0 Å². The Kier molecular flexibility index (Phi) is 9.90. The van der Waals surface area contributed by atoms with Crippen LogP contribution in [0.5, 0.6) is 0 Å². The van der Waals surface area contributed by atoms with Crippen LogP contribution in [0.1, 0.15) is 152 Å². The molecule has 10 heteroatoms. The van der Waals surface area contributed by atoms with Crippen molar-refractivity contribution in [2.75, 3.05) is 0 Å². The van der Waals surface area contributed by atoms with E-state index in [1.54, 1.807) is 26.2 Å². The Hall–Kier alpha value is -3.07. The van der Waals surface area contributed by atoms with Crippen molar-refractivity contribution < 1.29 is 29.0 Å². The summed E-state index contributed by atoms with van der Waals surface area (Å²) in [5.41, 5.74) is 0.509. The first-order valence-electron chi connectivity index (χ1n) is 21.2. The minimum absolute atomic E-state index is 0.0304. The highest BCUT2D eigenvalue weighted by atomic mass is 35.5. The van der Waals surface area contributed by atoms with E-state index < -0.39 is 28.3 Å². The summed E-state index contributed by atoms with van der Waals surface area (Å²) in [4.78, 5) is 61.9. The van der Waals surface area contributed by atoms with Crippen LogP contribution < -0.4 is 5.32 Å². The highest BCUT2D eigenvalue weighted by Gasteiger charge is 2.70.